The van der Waals surface area contributed by atoms with Crippen molar-refractivity contribution in [1.29, 1.82) is 0 Å². The molecule has 0 spiro atoms. The third kappa shape index (κ3) is 4.22. The lowest BCUT2D eigenvalue weighted by Gasteiger charge is -2.09. The number of rotatable bonds is 5. The summed E-state index contributed by atoms with van der Waals surface area (Å²) in [6, 6.07) is 10.8. The first-order chi connectivity index (χ1) is 14.4. The van der Waals surface area contributed by atoms with Gasteiger partial charge in [0.25, 0.3) is 5.91 Å². The number of halogens is 1. The highest BCUT2D eigenvalue weighted by Crippen LogP contribution is 2.33. The van der Waals surface area contributed by atoms with Crippen LogP contribution in [0, 0.1) is 13.8 Å². The summed E-state index contributed by atoms with van der Waals surface area (Å²) in [5.74, 6) is 0.387. The molecule has 1 N–H and O–H groups in total. The Morgan fingerprint density at radius 2 is 2.00 bits per heavy atom. The van der Waals surface area contributed by atoms with Gasteiger partial charge < -0.3 is 9.88 Å². The van der Waals surface area contributed by atoms with Gasteiger partial charge in [-0.3, -0.25) is 4.79 Å². The summed E-state index contributed by atoms with van der Waals surface area (Å²) in [7, 11) is 1.86. The molecule has 0 bridgehead atoms. The lowest BCUT2D eigenvalue weighted by molar-refractivity contribution is 0.102. The van der Waals surface area contributed by atoms with Crippen molar-refractivity contribution in [3.8, 4) is 5.82 Å². The molecule has 0 saturated heterocycles. The molecule has 8 nitrogen and oxygen atoms in total. The van der Waals surface area contributed by atoms with Crippen LogP contribution in [-0.4, -0.2) is 35.4 Å². The van der Waals surface area contributed by atoms with Gasteiger partial charge in [-0.25, -0.2) is 9.67 Å². The summed E-state index contributed by atoms with van der Waals surface area (Å²) >= 11 is 7.78. The Labute approximate surface area is 182 Å². The highest BCUT2D eigenvalue weighted by atomic mass is 35.5. The second-order valence-electron chi connectivity index (χ2n) is 6.67. The lowest BCUT2D eigenvalue weighted by atomic mass is 10.2. The van der Waals surface area contributed by atoms with Crippen LogP contribution in [0.2, 0.25) is 5.02 Å². The molecule has 0 aliphatic rings. The fourth-order valence-electron chi connectivity index (χ4n) is 2.83. The Morgan fingerprint density at radius 1 is 1.17 bits per heavy atom. The molecular weight excluding hydrogens is 422 g/mol. The minimum absolute atomic E-state index is 0.271. The van der Waals surface area contributed by atoms with Gasteiger partial charge in [0.15, 0.2) is 11.0 Å². The highest BCUT2D eigenvalue weighted by Gasteiger charge is 2.12. The van der Waals surface area contributed by atoms with Crippen LogP contribution in [0.15, 0.2) is 59.0 Å². The van der Waals surface area contributed by atoms with Crippen LogP contribution in [0.25, 0.3) is 5.82 Å². The number of carbonyl (C=O) groups is 1. The maximum Gasteiger partial charge on any atom is 0.257 e. The Morgan fingerprint density at radius 3 is 2.60 bits per heavy atom. The zero-order valence-corrected chi connectivity index (χ0v) is 18.1. The number of carbonyl (C=O) groups excluding carboxylic acids is 1. The highest BCUT2D eigenvalue weighted by molar-refractivity contribution is 7.99. The first-order valence-electron chi connectivity index (χ1n) is 9.03. The zero-order valence-electron chi connectivity index (χ0n) is 16.5. The quantitative estimate of drug-likeness (QED) is 0.504. The summed E-state index contributed by atoms with van der Waals surface area (Å²) < 4.78 is 3.55. The predicted octanol–water partition coefficient (Wildman–Crippen LogP) is 4.07. The summed E-state index contributed by atoms with van der Waals surface area (Å²) in [5.41, 5.74) is 2.92. The van der Waals surface area contributed by atoms with Gasteiger partial charge in [-0.05, 0) is 62.0 Å². The maximum absolute atomic E-state index is 12.6. The van der Waals surface area contributed by atoms with Crippen LogP contribution in [0.3, 0.4) is 0 Å². The molecule has 10 heteroatoms. The van der Waals surface area contributed by atoms with Crippen LogP contribution < -0.4 is 5.32 Å². The fraction of sp³-hybridized carbons (Fsp3) is 0.150. The van der Waals surface area contributed by atoms with E-state index in [1.165, 1.54) is 18.0 Å². The van der Waals surface area contributed by atoms with E-state index < -0.39 is 0 Å². The monoisotopic (exact) mass is 439 g/mol. The molecule has 0 aliphatic carbocycles. The number of aryl methyl sites for hydroxylation is 3. The van der Waals surface area contributed by atoms with E-state index in [-0.39, 0.29) is 5.91 Å². The fourth-order valence-corrected chi connectivity index (χ4v) is 3.90. The third-order valence-electron chi connectivity index (χ3n) is 4.30. The molecule has 1 aromatic carbocycles. The molecule has 0 aliphatic heterocycles. The first-order valence-corrected chi connectivity index (χ1v) is 10.2. The van der Waals surface area contributed by atoms with Gasteiger partial charge in [-0.1, -0.05) is 11.6 Å². The van der Waals surface area contributed by atoms with Crippen molar-refractivity contribution in [2.45, 2.75) is 23.9 Å². The molecule has 0 fully saturated rings. The normalized spacial score (nSPS) is 10.9. The number of hydrogen-bond acceptors (Lipinski definition) is 6. The summed E-state index contributed by atoms with van der Waals surface area (Å²) in [6.07, 6.45) is 3.15. The standard InChI is InChI=1S/C20H18ClN7OS/c1-12-8-13(2)28(26-12)18-7-4-14(10-22-18)19(29)24-15-5-6-17(16(21)9-15)30-20-25-23-11-27(20)3/h4-11H,1-3H3,(H,24,29). The Hall–Kier alpha value is -3.17. The molecule has 4 rings (SSSR count). The number of amides is 1. The van der Waals surface area contributed by atoms with Crippen molar-refractivity contribution in [2.24, 2.45) is 7.05 Å². The van der Waals surface area contributed by atoms with Crippen LogP contribution >= 0.6 is 23.4 Å². The van der Waals surface area contributed by atoms with Gasteiger partial charge in [0.1, 0.15) is 6.33 Å². The number of benzene rings is 1. The predicted molar refractivity (Wildman–Crippen MR) is 115 cm³/mol. The molecule has 30 heavy (non-hydrogen) atoms. The average Bonchev–Trinajstić information content (AvgIpc) is 3.28. The molecule has 152 valence electrons. The van der Waals surface area contributed by atoms with E-state index in [0.717, 1.165) is 21.4 Å². The van der Waals surface area contributed by atoms with Crippen molar-refractivity contribution in [3.05, 3.63) is 70.9 Å². The topological polar surface area (TPSA) is 90.5 Å². The van der Waals surface area contributed by atoms with Gasteiger partial charge in [0, 0.05) is 29.5 Å². The van der Waals surface area contributed by atoms with Gasteiger partial charge in [-0.2, -0.15) is 5.10 Å². The number of anilines is 1. The van der Waals surface area contributed by atoms with E-state index in [9.17, 15) is 4.79 Å². The lowest BCUT2D eigenvalue weighted by Crippen LogP contribution is -2.13. The van der Waals surface area contributed by atoms with E-state index in [1.807, 2.05) is 33.0 Å². The molecule has 0 atom stereocenters. The van der Waals surface area contributed by atoms with E-state index in [4.69, 9.17) is 11.6 Å². The molecule has 0 unspecified atom stereocenters. The number of nitrogens with one attached hydrogen (secondary N) is 1. The summed E-state index contributed by atoms with van der Waals surface area (Å²) in [5, 5.41) is 16.4. The summed E-state index contributed by atoms with van der Waals surface area (Å²) in [6.45, 7) is 3.88. The van der Waals surface area contributed by atoms with Crippen molar-refractivity contribution >= 4 is 35.0 Å². The van der Waals surface area contributed by atoms with Crippen LogP contribution in [0.1, 0.15) is 21.7 Å². The van der Waals surface area contributed by atoms with Crippen LogP contribution in [-0.2, 0) is 7.05 Å². The smallest absolute Gasteiger partial charge is 0.257 e. The van der Waals surface area contributed by atoms with Crippen molar-refractivity contribution < 1.29 is 4.79 Å². The second kappa shape index (κ2) is 8.29. The Kier molecular flexibility index (Phi) is 5.56. The van der Waals surface area contributed by atoms with Gasteiger partial charge in [-0.15, -0.1) is 10.2 Å². The number of nitrogens with zero attached hydrogens (tertiary/aromatic N) is 6. The largest absolute Gasteiger partial charge is 0.322 e. The zero-order chi connectivity index (χ0) is 21.3. The van der Waals surface area contributed by atoms with Gasteiger partial charge >= 0.3 is 0 Å². The number of aromatic nitrogens is 6. The molecule has 0 radical (unpaired) electrons. The van der Waals surface area contributed by atoms with Crippen molar-refractivity contribution in [3.63, 3.8) is 0 Å². The Bertz CT molecular complexity index is 1220. The van der Waals surface area contributed by atoms with E-state index in [0.29, 0.717) is 22.1 Å². The minimum atomic E-state index is -0.271. The molecule has 0 saturated carbocycles. The van der Waals surface area contributed by atoms with Gasteiger partial charge in [0.2, 0.25) is 0 Å². The van der Waals surface area contributed by atoms with Gasteiger partial charge in [0.05, 0.1) is 16.3 Å². The minimum Gasteiger partial charge on any atom is -0.322 e. The maximum atomic E-state index is 12.6. The number of hydrogen-bond donors (Lipinski definition) is 1. The van der Waals surface area contributed by atoms with E-state index in [1.54, 1.807) is 39.8 Å². The number of pyridine rings is 1. The van der Waals surface area contributed by atoms with Crippen LogP contribution in [0.4, 0.5) is 5.69 Å². The van der Waals surface area contributed by atoms with E-state index in [2.05, 4.69) is 25.6 Å². The first kappa shape index (κ1) is 20.1. The molecule has 3 aromatic heterocycles. The van der Waals surface area contributed by atoms with Crippen LogP contribution in [0.5, 0.6) is 0 Å². The molecule has 1 amide bonds. The second-order valence-corrected chi connectivity index (χ2v) is 8.09. The summed E-state index contributed by atoms with van der Waals surface area (Å²) in [4.78, 5) is 17.8. The van der Waals surface area contributed by atoms with Crippen molar-refractivity contribution in [2.75, 3.05) is 5.32 Å². The SMILES string of the molecule is Cc1cc(C)n(-c2ccc(C(=O)Nc3ccc(Sc4nncn4C)c(Cl)c3)cn2)n1. The molecule has 4 aromatic rings. The third-order valence-corrected chi connectivity index (χ3v) is 5.85. The molecule has 3 heterocycles. The van der Waals surface area contributed by atoms with E-state index >= 15 is 0 Å². The Balaban J connectivity index is 1.46. The molecular formula is C20H18ClN7OS. The average molecular weight is 440 g/mol. The van der Waals surface area contributed by atoms with Crippen molar-refractivity contribution in [1.82, 2.24) is 29.5 Å².